The molecule has 0 saturated heterocycles. The summed E-state index contributed by atoms with van der Waals surface area (Å²) in [6, 6.07) is 20.2. The Morgan fingerprint density at radius 2 is 1.66 bits per heavy atom. The molecule has 1 aromatic heterocycles. The zero-order valence-corrected chi connectivity index (χ0v) is 19.8. The molecule has 0 spiro atoms. The molecule has 0 unspecified atom stereocenters. The van der Waals surface area contributed by atoms with Crippen molar-refractivity contribution in [2.24, 2.45) is 0 Å². The predicted molar refractivity (Wildman–Crippen MR) is 134 cm³/mol. The van der Waals surface area contributed by atoms with E-state index in [-0.39, 0.29) is 28.6 Å². The van der Waals surface area contributed by atoms with Gasteiger partial charge in [0.15, 0.2) is 10.9 Å². The van der Waals surface area contributed by atoms with E-state index >= 15 is 0 Å². The number of hydrogen-bond donors (Lipinski definition) is 1. The second-order valence-corrected chi connectivity index (χ2v) is 8.51. The highest BCUT2D eigenvalue weighted by Crippen LogP contribution is 2.23. The van der Waals surface area contributed by atoms with Crippen LogP contribution in [0.15, 0.2) is 82.7 Å². The first-order chi connectivity index (χ1) is 16.9. The van der Waals surface area contributed by atoms with Crippen LogP contribution in [0.25, 0.3) is 16.6 Å². The van der Waals surface area contributed by atoms with Crippen LogP contribution >= 0.6 is 11.8 Å². The van der Waals surface area contributed by atoms with Gasteiger partial charge < -0.3 is 10.1 Å². The highest BCUT2D eigenvalue weighted by atomic mass is 32.2. The highest BCUT2D eigenvalue weighted by molar-refractivity contribution is 7.99. The number of amides is 1. The van der Waals surface area contributed by atoms with Gasteiger partial charge in [0.05, 0.1) is 35.0 Å². The molecule has 0 radical (unpaired) electrons. The van der Waals surface area contributed by atoms with E-state index in [4.69, 9.17) is 4.74 Å². The molecule has 1 N–H and O–H groups in total. The smallest absolute Gasteiger partial charge is 0.337 e. The third-order valence-electron chi connectivity index (χ3n) is 5.13. The molecule has 0 saturated carbocycles. The van der Waals surface area contributed by atoms with Crippen molar-refractivity contribution < 1.29 is 19.1 Å². The van der Waals surface area contributed by atoms with Crippen molar-refractivity contribution >= 4 is 46.0 Å². The van der Waals surface area contributed by atoms with Crippen LogP contribution < -0.4 is 10.9 Å². The van der Waals surface area contributed by atoms with E-state index in [1.165, 1.54) is 30.7 Å². The zero-order chi connectivity index (χ0) is 24.9. The van der Waals surface area contributed by atoms with Crippen LogP contribution in [0.3, 0.4) is 0 Å². The average Bonchev–Trinajstić information content (AvgIpc) is 2.87. The van der Waals surface area contributed by atoms with Crippen molar-refractivity contribution in [3.8, 4) is 5.69 Å². The number of hydrogen-bond acceptors (Lipinski definition) is 7. The van der Waals surface area contributed by atoms with Crippen LogP contribution in [0.1, 0.15) is 27.6 Å². The van der Waals surface area contributed by atoms with Crippen molar-refractivity contribution in [3.63, 3.8) is 0 Å². The second-order valence-electron chi connectivity index (χ2n) is 7.56. The van der Waals surface area contributed by atoms with E-state index in [9.17, 15) is 19.2 Å². The molecule has 0 aliphatic heterocycles. The van der Waals surface area contributed by atoms with Crippen LogP contribution in [0.2, 0.25) is 0 Å². The van der Waals surface area contributed by atoms with E-state index in [1.54, 1.807) is 42.5 Å². The number of Topliss-reactive ketones (excluding diaryl/α,β-unsaturated/α-hetero) is 1. The van der Waals surface area contributed by atoms with Crippen LogP contribution in [-0.2, 0) is 9.53 Å². The molecule has 0 atom stereocenters. The molecule has 4 rings (SSSR count). The maximum atomic E-state index is 13.4. The Kier molecular flexibility index (Phi) is 7.07. The number of carbonyl (C=O) groups excluding carboxylic acids is 3. The molecule has 35 heavy (non-hydrogen) atoms. The molecule has 1 heterocycles. The minimum absolute atomic E-state index is 0.0287. The lowest BCUT2D eigenvalue weighted by molar-refractivity contribution is -0.114. The molecule has 8 nitrogen and oxygen atoms in total. The van der Waals surface area contributed by atoms with Gasteiger partial charge in [0.25, 0.3) is 5.56 Å². The van der Waals surface area contributed by atoms with Gasteiger partial charge in [-0.15, -0.1) is 0 Å². The lowest BCUT2D eigenvalue weighted by atomic mass is 10.1. The number of rotatable bonds is 7. The Morgan fingerprint density at radius 3 is 2.31 bits per heavy atom. The molecule has 9 heteroatoms. The summed E-state index contributed by atoms with van der Waals surface area (Å²) < 4.78 is 6.23. The number of fused-ring (bicyclic) bond motifs is 1. The fourth-order valence-electron chi connectivity index (χ4n) is 3.47. The van der Waals surface area contributed by atoms with E-state index in [2.05, 4.69) is 10.3 Å². The third-order valence-corrected chi connectivity index (χ3v) is 6.07. The number of aromatic nitrogens is 2. The van der Waals surface area contributed by atoms with Crippen molar-refractivity contribution in [2.45, 2.75) is 12.1 Å². The molecule has 0 bridgehead atoms. The van der Waals surface area contributed by atoms with E-state index in [1.807, 2.05) is 18.2 Å². The molecular formula is C26H21N3O5S. The first-order valence-electron chi connectivity index (χ1n) is 10.6. The van der Waals surface area contributed by atoms with Gasteiger partial charge in [0, 0.05) is 18.2 Å². The van der Waals surface area contributed by atoms with Gasteiger partial charge in [-0.3, -0.25) is 19.0 Å². The summed E-state index contributed by atoms with van der Waals surface area (Å²) >= 11 is 1.13. The summed E-state index contributed by atoms with van der Waals surface area (Å²) in [6.07, 6.45) is 0. The van der Waals surface area contributed by atoms with Gasteiger partial charge in [-0.2, -0.15) is 0 Å². The van der Waals surface area contributed by atoms with E-state index in [0.717, 1.165) is 11.8 Å². The number of benzene rings is 3. The van der Waals surface area contributed by atoms with Gasteiger partial charge >= 0.3 is 5.97 Å². The number of esters is 1. The van der Waals surface area contributed by atoms with Crippen molar-refractivity contribution in [3.05, 3.63) is 94.3 Å². The summed E-state index contributed by atoms with van der Waals surface area (Å²) in [5.41, 5.74) is 1.97. The van der Waals surface area contributed by atoms with Crippen molar-refractivity contribution in [2.75, 3.05) is 18.2 Å². The van der Waals surface area contributed by atoms with Gasteiger partial charge in [0.1, 0.15) is 0 Å². The first-order valence-corrected chi connectivity index (χ1v) is 11.6. The molecule has 0 fully saturated rings. The molecule has 176 valence electrons. The number of anilines is 1. The summed E-state index contributed by atoms with van der Waals surface area (Å²) in [6.45, 7) is 1.41. The van der Waals surface area contributed by atoms with Crippen molar-refractivity contribution in [1.82, 2.24) is 9.55 Å². The quantitative estimate of drug-likeness (QED) is 0.181. The maximum Gasteiger partial charge on any atom is 0.337 e. The van der Waals surface area contributed by atoms with Crippen LogP contribution in [0, 0.1) is 0 Å². The van der Waals surface area contributed by atoms with E-state index in [0.29, 0.717) is 33.0 Å². The number of nitrogens with one attached hydrogen (secondary N) is 1. The summed E-state index contributed by atoms with van der Waals surface area (Å²) in [7, 11) is 1.28. The summed E-state index contributed by atoms with van der Waals surface area (Å²) in [5.74, 6) is -0.869. The lowest BCUT2D eigenvalue weighted by Gasteiger charge is -2.13. The number of nitrogens with zero attached hydrogens (tertiary/aromatic N) is 2. The Morgan fingerprint density at radius 1 is 0.971 bits per heavy atom. The fraction of sp³-hybridized carbons (Fsp3) is 0.115. The molecule has 1 amide bonds. The van der Waals surface area contributed by atoms with Gasteiger partial charge in [-0.25, -0.2) is 9.78 Å². The van der Waals surface area contributed by atoms with Crippen LogP contribution in [0.5, 0.6) is 0 Å². The minimum Gasteiger partial charge on any atom is -0.465 e. The Bertz CT molecular complexity index is 1480. The average molecular weight is 488 g/mol. The lowest BCUT2D eigenvalue weighted by Crippen LogP contribution is -2.22. The summed E-state index contributed by atoms with van der Waals surface area (Å²) in [4.78, 5) is 54.0. The topological polar surface area (TPSA) is 107 Å². The SMILES string of the molecule is COC(=O)c1ccc2c(=O)n(-c3ccccc3)c(SCC(=O)c3ccc(NC(C)=O)cc3)nc2c1. The largest absolute Gasteiger partial charge is 0.465 e. The van der Waals surface area contributed by atoms with Gasteiger partial charge in [0.2, 0.25) is 5.91 Å². The molecular weight excluding hydrogens is 466 g/mol. The zero-order valence-electron chi connectivity index (χ0n) is 19.0. The number of ketones is 1. The van der Waals surface area contributed by atoms with Crippen molar-refractivity contribution in [1.29, 1.82) is 0 Å². The number of ether oxygens (including phenoxy) is 1. The highest BCUT2D eigenvalue weighted by Gasteiger charge is 2.17. The molecule has 0 aliphatic rings. The number of thioether (sulfide) groups is 1. The maximum absolute atomic E-state index is 13.4. The molecule has 4 aromatic rings. The Labute approximate surface area is 204 Å². The Hall–Kier alpha value is -4.24. The van der Waals surface area contributed by atoms with Crippen LogP contribution in [-0.4, -0.2) is 40.1 Å². The number of methoxy groups -OCH3 is 1. The van der Waals surface area contributed by atoms with Gasteiger partial charge in [-0.1, -0.05) is 30.0 Å². The van der Waals surface area contributed by atoms with Gasteiger partial charge in [-0.05, 0) is 54.6 Å². The molecule has 0 aliphatic carbocycles. The minimum atomic E-state index is -0.534. The van der Waals surface area contributed by atoms with Crippen LogP contribution in [0.4, 0.5) is 5.69 Å². The normalized spacial score (nSPS) is 10.7. The number of carbonyl (C=O) groups is 3. The molecule has 3 aromatic carbocycles. The second kappa shape index (κ2) is 10.4. The number of para-hydroxylation sites is 1. The third kappa shape index (κ3) is 5.30. The fourth-order valence-corrected chi connectivity index (χ4v) is 4.38. The first kappa shape index (κ1) is 23.9. The Balaban J connectivity index is 1.70. The van der Waals surface area contributed by atoms with E-state index < -0.39 is 5.97 Å². The summed E-state index contributed by atoms with van der Waals surface area (Å²) in [5, 5.41) is 3.31. The monoisotopic (exact) mass is 487 g/mol. The standard InChI is InChI=1S/C26H21N3O5S/c1-16(30)27-19-11-8-17(9-12-19)23(31)15-35-26-28-22-14-18(25(33)34-2)10-13-21(22)24(32)29(26)20-6-4-3-5-7-20/h3-14H,15H2,1-2H3,(H,27,30). The predicted octanol–water partition coefficient (Wildman–Crippen LogP) is 4.11.